The first kappa shape index (κ1) is 21.9. The molecule has 8 nitrogen and oxygen atoms in total. The van der Waals surface area contributed by atoms with Crippen LogP contribution in [0.1, 0.15) is 27.5 Å². The number of rotatable bonds is 4. The number of thiocarbonyl (C=S) groups is 1. The smallest absolute Gasteiger partial charge is 0.293 e. The zero-order valence-electron chi connectivity index (χ0n) is 18.6. The lowest BCUT2D eigenvalue weighted by atomic mass is 10.1. The normalized spacial score (nSPS) is 11.0. The molecule has 0 bridgehead atoms. The number of nitrogens with one attached hydrogen (secondary N) is 2. The fraction of sp³-hybridized carbons (Fsp3) is 0.125. The summed E-state index contributed by atoms with van der Waals surface area (Å²) >= 11 is 6.81. The Morgan fingerprint density at radius 2 is 1.85 bits per heavy atom. The largest absolute Gasteiger partial charge is 0.451 e. The van der Waals surface area contributed by atoms with E-state index in [0.29, 0.717) is 22.2 Å². The van der Waals surface area contributed by atoms with Crippen molar-refractivity contribution in [1.82, 2.24) is 25.1 Å². The summed E-state index contributed by atoms with van der Waals surface area (Å²) in [5.74, 6) is 1.08. The minimum Gasteiger partial charge on any atom is -0.451 e. The SMILES string of the molecule is Cc1ccc(-c2ccc(C(=O)NC(=S)Nc3ccccc3-c3nn4c(C)nnc4s3)o2)cc1C. The maximum Gasteiger partial charge on any atom is 0.293 e. The van der Waals surface area contributed by atoms with Gasteiger partial charge in [0.05, 0.1) is 5.69 Å². The Bertz CT molecular complexity index is 1550. The number of benzene rings is 2. The van der Waals surface area contributed by atoms with E-state index in [9.17, 15) is 4.79 Å². The van der Waals surface area contributed by atoms with Crippen molar-refractivity contribution in [3.63, 3.8) is 0 Å². The van der Waals surface area contributed by atoms with Gasteiger partial charge in [-0.2, -0.15) is 9.61 Å². The van der Waals surface area contributed by atoms with E-state index in [1.54, 1.807) is 16.6 Å². The molecule has 0 radical (unpaired) electrons. The molecule has 5 aromatic rings. The number of hydrogen-bond donors (Lipinski definition) is 2. The molecule has 0 unspecified atom stereocenters. The Kier molecular flexibility index (Phi) is 5.68. The van der Waals surface area contributed by atoms with Crippen molar-refractivity contribution in [2.75, 3.05) is 5.32 Å². The molecule has 0 saturated heterocycles. The molecule has 2 N–H and O–H groups in total. The van der Waals surface area contributed by atoms with E-state index < -0.39 is 5.91 Å². The maximum atomic E-state index is 12.7. The molecule has 170 valence electrons. The molecule has 0 spiro atoms. The summed E-state index contributed by atoms with van der Waals surface area (Å²) in [7, 11) is 0. The Balaban J connectivity index is 1.31. The van der Waals surface area contributed by atoms with E-state index in [4.69, 9.17) is 16.6 Å². The van der Waals surface area contributed by atoms with Gasteiger partial charge in [0.2, 0.25) is 4.96 Å². The predicted octanol–water partition coefficient (Wildman–Crippen LogP) is 5.16. The molecule has 0 fully saturated rings. The first-order valence-corrected chi connectivity index (χ1v) is 11.7. The van der Waals surface area contributed by atoms with Crippen LogP contribution in [0.4, 0.5) is 5.69 Å². The Hall–Kier alpha value is -3.89. The van der Waals surface area contributed by atoms with E-state index in [1.807, 2.05) is 56.3 Å². The third kappa shape index (κ3) is 4.20. The molecule has 3 aromatic heterocycles. The van der Waals surface area contributed by atoms with Gasteiger partial charge >= 0.3 is 0 Å². The molecule has 3 heterocycles. The number of amides is 1. The highest BCUT2D eigenvalue weighted by Crippen LogP contribution is 2.31. The van der Waals surface area contributed by atoms with E-state index in [1.165, 1.54) is 16.9 Å². The third-order valence-electron chi connectivity index (χ3n) is 5.40. The van der Waals surface area contributed by atoms with Crippen LogP contribution in [0.15, 0.2) is 59.0 Å². The zero-order valence-corrected chi connectivity index (χ0v) is 20.3. The number of hydrogen-bond acceptors (Lipinski definition) is 7. The van der Waals surface area contributed by atoms with Crippen LogP contribution < -0.4 is 10.6 Å². The van der Waals surface area contributed by atoms with Gasteiger partial charge in [0.15, 0.2) is 16.7 Å². The van der Waals surface area contributed by atoms with Crippen LogP contribution in [-0.2, 0) is 0 Å². The Morgan fingerprint density at radius 3 is 2.65 bits per heavy atom. The van der Waals surface area contributed by atoms with E-state index in [2.05, 4.69) is 32.9 Å². The van der Waals surface area contributed by atoms with Crippen molar-refractivity contribution < 1.29 is 9.21 Å². The molecular formula is C24H20N6O2S2. The number of anilines is 1. The van der Waals surface area contributed by atoms with E-state index >= 15 is 0 Å². The minimum atomic E-state index is -0.431. The number of carbonyl (C=O) groups is 1. The van der Waals surface area contributed by atoms with Crippen molar-refractivity contribution in [2.24, 2.45) is 0 Å². The number of aromatic nitrogens is 4. The molecule has 1 amide bonds. The number of nitrogens with zero attached hydrogens (tertiary/aromatic N) is 4. The number of para-hydroxylation sites is 1. The predicted molar refractivity (Wildman–Crippen MR) is 136 cm³/mol. The summed E-state index contributed by atoms with van der Waals surface area (Å²) in [5.41, 5.74) is 4.82. The lowest BCUT2D eigenvalue weighted by Crippen LogP contribution is -2.34. The summed E-state index contributed by atoms with van der Waals surface area (Å²) in [4.78, 5) is 13.4. The van der Waals surface area contributed by atoms with Gasteiger partial charge in [-0.1, -0.05) is 35.6 Å². The molecule has 0 saturated carbocycles. The molecular weight excluding hydrogens is 468 g/mol. The average molecular weight is 489 g/mol. The molecule has 10 heteroatoms. The molecule has 5 rings (SSSR count). The van der Waals surface area contributed by atoms with Gasteiger partial charge in [0, 0.05) is 11.1 Å². The molecule has 0 aliphatic carbocycles. The summed E-state index contributed by atoms with van der Waals surface area (Å²) in [6, 6.07) is 17.0. The van der Waals surface area contributed by atoms with Crippen LogP contribution in [0.25, 0.3) is 26.9 Å². The van der Waals surface area contributed by atoms with Gasteiger partial charge < -0.3 is 9.73 Å². The number of carbonyl (C=O) groups excluding carboxylic acids is 1. The van der Waals surface area contributed by atoms with Gasteiger partial charge in [-0.05, 0) is 74.4 Å². The van der Waals surface area contributed by atoms with Crippen LogP contribution in [0.5, 0.6) is 0 Å². The Morgan fingerprint density at radius 1 is 1.03 bits per heavy atom. The first-order chi connectivity index (χ1) is 16.4. The summed E-state index contributed by atoms with van der Waals surface area (Å²) < 4.78 is 7.48. The fourth-order valence-corrected chi connectivity index (χ4v) is 4.56. The van der Waals surface area contributed by atoms with Crippen LogP contribution >= 0.6 is 23.6 Å². The number of aryl methyl sites for hydroxylation is 3. The second-order valence-electron chi connectivity index (χ2n) is 7.77. The van der Waals surface area contributed by atoms with Crippen molar-refractivity contribution in [3.8, 4) is 21.9 Å². The molecule has 2 aromatic carbocycles. The van der Waals surface area contributed by atoms with E-state index in [0.717, 1.165) is 21.7 Å². The highest BCUT2D eigenvalue weighted by atomic mass is 32.1. The van der Waals surface area contributed by atoms with Crippen molar-refractivity contribution in [2.45, 2.75) is 20.8 Å². The average Bonchev–Trinajstić information content (AvgIpc) is 3.54. The molecule has 34 heavy (non-hydrogen) atoms. The van der Waals surface area contributed by atoms with Crippen LogP contribution in [-0.4, -0.2) is 30.8 Å². The number of furan rings is 1. The highest BCUT2D eigenvalue weighted by molar-refractivity contribution is 7.80. The van der Waals surface area contributed by atoms with Crippen molar-refractivity contribution >= 4 is 45.2 Å². The first-order valence-electron chi connectivity index (χ1n) is 10.5. The Labute approximate surface area is 204 Å². The lowest BCUT2D eigenvalue weighted by Gasteiger charge is -2.11. The van der Waals surface area contributed by atoms with Gasteiger partial charge in [-0.3, -0.25) is 10.1 Å². The topological polar surface area (TPSA) is 97.4 Å². The van der Waals surface area contributed by atoms with Gasteiger partial charge in [-0.15, -0.1) is 10.2 Å². The standard InChI is InChI=1S/C24H20N6O2S2/c1-13-8-9-16(12-14(13)2)19-10-11-20(32-19)21(31)26-23(33)25-18-7-5-4-6-17(18)22-29-30-15(3)27-28-24(30)34-22/h4-12H,1-3H3,(H2,25,26,31,33). The second kappa shape index (κ2) is 8.81. The second-order valence-corrected chi connectivity index (χ2v) is 9.13. The summed E-state index contributed by atoms with van der Waals surface area (Å²) in [5, 5.41) is 19.4. The summed E-state index contributed by atoms with van der Waals surface area (Å²) in [6.45, 7) is 5.94. The molecule has 0 aliphatic heterocycles. The van der Waals surface area contributed by atoms with Crippen LogP contribution in [0.3, 0.4) is 0 Å². The maximum absolute atomic E-state index is 12.7. The fourth-order valence-electron chi connectivity index (χ4n) is 3.43. The van der Waals surface area contributed by atoms with Crippen LogP contribution in [0, 0.1) is 20.8 Å². The van der Waals surface area contributed by atoms with Gasteiger partial charge in [0.1, 0.15) is 10.8 Å². The zero-order chi connectivity index (χ0) is 23.8. The molecule has 0 aliphatic rings. The molecule has 0 atom stereocenters. The summed E-state index contributed by atoms with van der Waals surface area (Å²) in [6.07, 6.45) is 0. The quantitative estimate of drug-likeness (QED) is 0.337. The minimum absolute atomic E-state index is 0.153. The van der Waals surface area contributed by atoms with Gasteiger partial charge in [-0.25, -0.2) is 0 Å². The highest BCUT2D eigenvalue weighted by Gasteiger charge is 2.17. The van der Waals surface area contributed by atoms with Gasteiger partial charge in [0.25, 0.3) is 5.91 Å². The van der Waals surface area contributed by atoms with Crippen molar-refractivity contribution in [3.05, 3.63) is 77.3 Å². The van der Waals surface area contributed by atoms with Crippen LogP contribution in [0.2, 0.25) is 0 Å². The third-order valence-corrected chi connectivity index (χ3v) is 6.54. The van der Waals surface area contributed by atoms with E-state index in [-0.39, 0.29) is 10.9 Å². The monoisotopic (exact) mass is 488 g/mol. The lowest BCUT2D eigenvalue weighted by molar-refractivity contribution is 0.0951. The van der Waals surface area contributed by atoms with Crippen molar-refractivity contribution in [1.29, 1.82) is 0 Å². The number of fused-ring (bicyclic) bond motifs is 1.